The van der Waals surface area contributed by atoms with E-state index in [1.54, 1.807) is 12.3 Å². The molecule has 6 nitrogen and oxygen atoms in total. The molecule has 24 heavy (non-hydrogen) atoms. The number of amides is 2. The summed E-state index contributed by atoms with van der Waals surface area (Å²) in [6.45, 7) is 3.77. The van der Waals surface area contributed by atoms with Gasteiger partial charge in [-0.05, 0) is 36.8 Å². The zero-order chi connectivity index (χ0) is 17.3. The van der Waals surface area contributed by atoms with Gasteiger partial charge in [-0.1, -0.05) is 0 Å². The van der Waals surface area contributed by atoms with Crippen LogP contribution in [-0.2, 0) is 4.79 Å². The highest BCUT2D eigenvalue weighted by Gasteiger charge is 2.27. The predicted molar refractivity (Wildman–Crippen MR) is 86.8 cm³/mol. The van der Waals surface area contributed by atoms with Crippen LogP contribution in [0.1, 0.15) is 22.8 Å². The predicted octanol–water partition coefficient (Wildman–Crippen LogP) is 2.53. The largest absolute Gasteiger partial charge is 0.474 e. The van der Waals surface area contributed by atoms with Crippen molar-refractivity contribution in [2.75, 3.05) is 23.4 Å². The summed E-state index contributed by atoms with van der Waals surface area (Å²) in [4.78, 5) is 29.6. The summed E-state index contributed by atoms with van der Waals surface area (Å²) in [5.74, 6) is -1.10. The topological polar surface area (TPSA) is 71.5 Å². The van der Waals surface area contributed by atoms with Gasteiger partial charge in [-0.15, -0.1) is 0 Å². The molecule has 0 saturated carbocycles. The Kier molecular flexibility index (Phi) is 4.16. The molecule has 7 heteroatoms. The van der Waals surface area contributed by atoms with Crippen LogP contribution in [0.3, 0.4) is 0 Å². The number of anilines is 2. The average Bonchev–Trinajstić information content (AvgIpc) is 2.55. The lowest BCUT2D eigenvalue weighted by Crippen LogP contribution is -2.38. The van der Waals surface area contributed by atoms with Crippen molar-refractivity contribution >= 4 is 23.2 Å². The van der Waals surface area contributed by atoms with Crippen molar-refractivity contribution in [3.05, 3.63) is 47.4 Å². The van der Waals surface area contributed by atoms with E-state index in [2.05, 4.69) is 10.3 Å². The van der Waals surface area contributed by atoms with Gasteiger partial charge < -0.3 is 10.1 Å². The number of nitrogens with one attached hydrogen (secondary N) is 1. The van der Waals surface area contributed by atoms with Gasteiger partial charge in [0.1, 0.15) is 18.1 Å². The Morgan fingerprint density at radius 2 is 2.12 bits per heavy atom. The first kappa shape index (κ1) is 15.9. The molecule has 3 rings (SSSR count). The third-order valence-electron chi connectivity index (χ3n) is 3.58. The Balaban J connectivity index is 1.99. The van der Waals surface area contributed by atoms with Crippen molar-refractivity contribution in [1.82, 2.24) is 4.98 Å². The number of carbonyl (C=O) groups is 2. The van der Waals surface area contributed by atoms with Gasteiger partial charge in [0.15, 0.2) is 0 Å². The van der Waals surface area contributed by atoms with Crippen molar-refractivity contribution in [3.8, 4) is 5.88 Å². The fourth-order valence-electron chi connectivity index (χ4n) is 2.53. The third kappa shape index (κ3) is 3.05. The van der Waals surface area contributed by atoms with Crippen LogP contribution in [0.4, 0.5) is 15.8 Å². The normalized spacial score (nSPS) is 13.0. The number of carbonyl (C=O) groups excluding carboxylic acids is 2. The maximum absolute atomic E-state index is 14.2. The van der Waals surface area contributed by atoms with Gasteiger partial charge >= 0.3 is 0 Å². The van der Waals surface area contributed by atoms with Crippen LogP contribution in [0.25, 0.3) is 0 Å². The molecule has 1 aromatic heterocycles. The van der Waals surface area contributed by atoms with Crippen LogP contribution in [0.15, 0.2) is 30.5 Å². The Hall–Kier alpha value is -2.96. The van der Waals surface area contributed by atoms with Crippen molar-refractivity contribution in [2.45, 2.75) is 13.8 Å². The molecule has 2 amide bonds. The maximum atomic E-state index is 14.2. The Morgan fingerprint density at radius 3 is 2.88 bits per heavy atom. The number of hydrogen-bond donors (Lipinski definition) is 1. The number of aromatic nitrogens is 1. The van der Waals surface area contributed by atoms with Gasteiger partial charge in [0.2, 0.25) is 11.8 Å². The summed E-state index contributed by atoms with van der Waals surface area (Å²) in [6, 6.07) is 5.67. The molecule has 2 aromatic rings. The lowest BCUT2D eigenvalue weighted by atomic mass is 10.1. The third-order valence-corrected chi connectivity index (χ3v) is 3.58. The van der Waals surface area contributed by atoms with Crippen molar-refractivity contribution < 1.29 is 18.7 Å². The molecular formula is C17H16FN3O3. The first-order valence-corrected chi connectivity index (χ1v) is 7.44. The number of hydrogen-bond acceptors (Lipinski definition) is 4. The van der Waals surface area contributed by atoms with E-state index in [1.807, 2.05) is 6.92 Å². The van der Waals surface area contributed by atoms with Crippen LogP contribution in [0.5, 0.6) is 5.88 Å². The second kappa shape index (κ2) is 6.27. The number of benzene rings is 1. The number of fused-ring (bicyclic) bond motifs is 1. The van der Waals surface area contributed by atoms with E-state index < -0.39 is 11.7 Å². The quantitative estimate of drug-likeness (QED) is 0.919. The monoisotopic (exact) mass is 329 g/mol. The number of rotatable bonds is 2. The first-order chi connectivity index (χ1) is 11.5. The molecule has 1 aliphatic rings. The van der Waals surface area contributed by atoms with E-state index in [0.29, 0.717) is 23.8 Å². The highest BCUT2D eigenvalue weighted by Crippen LogP contribution is 2.31. The highest BCUT2D eigenvalue weighted by molar-refractivity contribution is 6.08. The first-order valence-electron chi connectivity index (χ1n) is 7.44. The minimum absolute atomic E-state index is 0.115. The molecule has 0 saturated heterocycles. The smallest absolute Gasteiger partial charge is 0.261 e. The van der Waals surface area contributed by atoms with E-state index in [9.17, 15) is 14.0 Å². The number of ether oxygens (including phenoxy) is 1. The van der Waals surface area contributed by atoms with Crippen LogP contribution < -0.4 is 15.0 Å². The molecule has 0 atom stereocenters. The molecule has 2 heterocycles. The number of pyridine rings is 1. The fraction of sp³-hybridized carbons (Fsp3) is 0.235. The molecule has 0 bridgehead atoms. The summed E-state index contributed by atoms with van der Waals surface area (Å²) in [7, 11) is 0. The Morgan fingerprint density at radius 1 is 1.33 bits per heavy atom. The molecule has 1 aliphatic heterocycles. The number of halogens is 1. The van der Waals surface area contributed by atoms with Crippen molar-refractivity contribution in [3.63, 3.8) is 0 Å². The molecule has 1 aromatic carbocycles. The van der Waals surface area contributed by atoms with Gasteiger partial charge in [-0.25, -0.2) is 9.37 Å². The van der Waals surface area contributed by atoms with Gasteiger partial charge in [0, 0.05) is 18.8 Å². The second-order valence-electron chi connectivity index (χ2n) is 5.52. The maximum Gasteiger partial charge on any atom is 0.261 e. The van der Waals surface area contributed by atoms with Crippen LogP contribution in [-0.4, -0.2) is 29.9 Å². The summed E-state index contributed by atoms with van der Waals surface area (Å²) in [6.07, 6.45) is 1.64. The van der Waals surface area contributed by atoms with Gasteiger partial charge in [0.05, 0.1) is 12.1 Å². The van der Waals surface area contributed by atoms with Crippen molar-refractivity contribution in [2.24, 2.45) is 0 Å². The standard InChI is InChI=1S/C17H16FN3O3/c1-10-7-15-16(19-9-10)24-6-5-21(15)17(23)13-8-12(20-11(2)22)3-4-14(13)18/h3-4,7-9H,5-6H2,1-2H3,(H,20,22). The Bertz CT molecular complexity index is 823. The van der Waals surface area contributed by atoms with Crippen LogP contribution in [0.2, 0.25) is 0 Å². The van der Waals surface area contributed by atoms with E-state index in [0.717, 1.165) is 11.6 Å². The van der Waals surface area contributed by atoms with Crippen LogP contribution in [0, 0.1) is 12.7 Å². The summed E-state index contributed by atoms with van der Waals surface area (Å²) in [5, 5.41) is 2.55. The molecule has 0 spiro atoms. The SMILES string of the molecule is CC(=O)Nc1ccc(F)c(C(=O)N2CCOc3ncc(C)cc32)c1. The molecule has 0 radical (unpaired) electrons. The molecule has 0 aliphatic carbocycles. The summed E-state index contributed by atoms with van der Waals surface area (Å²) < 4.78 is 19.6. The Labute approximate surface area is 138 Å². The lowest BCUT2D eigenvalue weighted by molar-refractivity contribution is -0.114. The van der Waals surface area contributed by atoms with Crippen molar-refractivity contribution in [1.29, 1.82) is 0 Å². The molecule has 124 valence electrons. The van der Waals surface area contributed by atoms with Crippen LogP contribution >= 0.6 is 0 Å². The van der Waals surface area contributed by atoms with E-state index >= 15 is 0 Å². The van der Waals surface area contributed by atoms with E-state index in [4.69, 9.17) is 4.74 Å². The second-order valence-corrected chi connectivity index (χ2v) is 5.52. The minimum atomic E-state index is -0.650. The average molecular weight is 329 g/mol. The van der Waals surface area contributed by atoms with E-state index in [1.165, 1.54) is 24.0 Å². The zero-order valence-electron chi connectivity index (χ0n) is 13.3. The molecule has 1 N–H and O–H groups in total. The van der Waals surface area contributed by atoms with Gasteiger partial charge in [0.25, 0.3) is 5.91 Å². The number of aryl methyl sites for hydroxylation is 1. The van der Waals surface area contributed by atoms with Gasteiger partial charge in [-0.3, -0.25) is 14.5 Å². The lowest BCUT2D eigenvalue weighted by Gasteiger charge is -2.29. The van der Waals surface area contributed by atoms with Gasteiger partial charge in [-0.2, -0.15) is 0 Å². The molecular weight excluding hydrogens is 313 g/mol. The zero-order valence-corrected chi connectivity index (χ0v) is 13.3. The number of nitrogens with zero attached hydrogens (tertiary/aromatic N) is 2. The molecule has 0 fully saturated rings. The minimum Gasteiger partial charge on any atom is -0.474 e. The summed E-state index contributed by atoms with van der Waals surface area (Å²) in [5.41, 5.74) is 1.62. The summed E-state index contributed by atoms with van der Waals surface area (Å²) >= 11 is 0. The fourth-order valence-corrected chi connectivity index (χ4v) is 2.53. The molecule has 0 unspecified atom stereocenters. The van der Waals surface area contributed by atoms with E-state index in [-0.39, 0.29) is 18.1 Å². The highest BCUT2D eigenvalue weighted by atomic mass is 19.1.